The van der Waals surface area contributed by atoms with Gasteiger partial charge in [0.2, 0.25) is 0 Å². The van der Waals surface area contributed by atoms with Crippen LogP contribution in [0.2, 0.25) is 5.02 Å². The quantitative estimate of drug-likeness (QED) is 0.441. The summed E-state index contributed by atoms with van der Waals surface area (Å²) in [5.41, 5.74) is 3.73. The summed E-state index contributed by atoms with van der Waals surface area (Å²) in [6.07, 6.45) is 3.80. The molecule has 35 heavy (non-hydrogen) atoms. The van der Waals surface area contributed by atoms with E-state index in [1.165, 1.54) is 11.3 Å². The molecule has 0 radical (unpaired) electrons. The van der Waals surface area contributed by atoms with E-state index in [0.717, 1.165) is 22.0 Å². The minimum absolute atomic E-state index is 0.109. The van der Waals surface area contributed by atoms with Crippen LogP contribution in [-0.2, 0) is 4.79 Å². The van der Waals surface area contributed by atoms with Gasteiger partial charge in [-0.05, 0) is 50.6 Å². The van der Waals surface area contributed by atoms with Gasteiger partial charge in [0.1, 0.15) is 0 Å². The van der Waals surface area contributed by atoms with Crippen molar-refractivity contribution < 1.29 is 4.79 Å². The minimum Gasteiger partial charge on any atom is -0.361 e. The van der Waals surface area contributed by atoms with Gasteiger partial charge in [-0.3, -0.25) is 14.2 Å². The second-order valence-corrected chi connectivity index (χ2v) is 9.85. The van der Waals surface area contributed by atoms with E-state index in [0.29, 0.717) is 38.7 Å². The van der Waals surface area contributed by atoms with Gasteiger partial charge in [0.15, 0.2) is 4.80 Å². The number of carbonyl (C=O) groups excluding carboxylic acids is 1. The van der Waals surface area contributed by atoms with Gasteiger partial charge in [-0.1, -0.05) is 53.3 Å². The van der Waals surface area contributed by atoms with E-state index in [1.54, 1.807) is 21.6 Å². The van der Waals surface area contributed by atoms with Crippen LogP contribution >= 0.6 is 22.9 Å². The van der Waals surface area contributed by atoms with Crippen LogP contribution in [0.1, 0.15) is 37.9 Å². The normalized spacial score (nSPS) is 15.9. The SMILES string of the molecule is CCN(CC)C(=O)C1=C(C)N=c2s/c(=C/c3c[nH]c4ccccc34)c(=O)n2[C@@H]1c1ccc(Cl)cc1. The van der Waals surface area contributed by atoms with Crippen molar-refractivity contribution in [3.8, 4) is 0 Å². The van der Waals surface area contributed by atoms with Crippen LogP contribution in [0.15, 0.2) is 75.8 Å². The van der Waals surface area contributed by atoms with Crippen LogP contribution < -0.4 is 14.9 Å². The highest BCUT2D eigenvalue weighted by atomic mass is 35.5. The molecule has 3 heterocycles. The zero-order chi connectivity index (χ0) is 24.7. The van der Waals surface area contributed by atoms with Crippen molar-refractivity contribution in [2.45, 2.75) is 26.8 Å². The highest BCUT2D eigenvalue weighted by Gasteiger charge is 2.34. The van der Waals surface area contributed by atoms with Crippen molar-refractivity contribution in [3.05, 3.63) is 102 Å². The third-order valence-electron chi connectivity index (χ3n) is 6.40. The molecule has 0 spiro atoms. The molecule has 1 aliphatic heterocycles. The number of likely N-dealkylation sites (N-methyl/N-ethyl adjacent to an activating group) is 1. The van der Waals surface area contributed by atoms with Gasteiger partial charge in [0.25, 0.3) is 11.5 Å². The van der Waals surface area contributed by atoms with Gasteiger partial charge in [0, 0.05) is 40.8 Å². The van der Waals surface area contributed by atoms with E-state index in [9.17, 15) is 9.59 Å². The summed E-state index contributed by atoms with van der Waals surface area (Å²) in [6, 6.07) is 14.7. The van der Waals surface area contributed by atoms with E-state index in [1.807, 2.05) is 69.4 Å². The fourth-order valence-corrected chi connectivity index (χ4v) is 5.75. The molecule has 5 rings (SSSR count). The highest BCUT2D eigenvalue weighted by Crippen LogP contribution is 2.31. The van der Waals surface area contributed by atoms with E-state index in [4.69, 9.17) is 16.6 Å². The number of benzene rings is 2. The molecule has 2 aromatic heterocycles. The summed E-state index contributed by atoms with van der Waals surface area (Å²) in [6.45, 7) is 6.89. The van der Waals surface area contributed by atoms with Crippen molar-refractivity contribution in [1.29, 1.82) is 0 Å². The molecule has 1 aliphatic rings. The summed E-state index contributed by atoms with van der Waals surface area (Å²) >= 11 is 7.49. The largest absolute Gasteiger partial charge is 0.361 e. The Morgan fingerprint density at radius 1 is 1.17 bits per heavy atom. The topological polar surface area (TPSA) is 70.5 Å². The maximum atomic E-state index is 13.8. The molecule has 1 atom stereocenters. The van der Waals surface area contributed by atoms with E-state index in [-0.39, 0.29) is 11.5 Å². The fraction of sp³-hybridized carbons (Fsp3) is 0.222. The first-order chi connectivity index (χ1) is 16.9. The third-order valence-corrected chi connectivity index (χ3v) is 7.63. The zero-order valence-corrected chi connectivity index (χ0v) is 21.3. The number of hydrogen-bond acceptors (Lipinski definition) is 4. The van der Waals surface area contributed by atoms with Gasteiger partial charge < -0.3 is 9.88 Å². The van der Waals surface area contributed by atoms with Crippen LogP contribution in [-0.4, -0.2) is 33.4 Å². The molecular weight excluding hydrogens is 480 g/mol. The summed E-state index contributed by atoms with van der Waals surface area (Å²) in [5.74, 6) is -0.109. The number of carbonyl (C=O) groups is 1. The Labute approximate surface area is 211 Å². The number of allylic oxidation sites excluding steroid dienone is 1. The number of para-hydroxylation sites is 1. The number of rotatable bonds is 5. The number of thiazole rings is 1. The Hall–Kier alpha value is -3.42. The van der Waals surface area contributed by atoms with Gasteiger partial charge in [-0.15, -0.1) is 0 Å². The predicted octanol–water partition coefficient (Wildman–Crippen LogP) is 4.24. The second kappa shape index (κ2) is 9.32. The van der Waals surface area contributed by atoms with Gasteiger partial charge in [-0.2, -0.15) is 0 Å². The van der Waals surface area contributed by atoms with Crippen LogP contribution in [0, 0.1) is 0 Å². The first-order valence-corrected chi connectivity index (χ1v) is 12.8. The number of H-pyrrole nitrogens is 1. The van der Waals surface area contributed by atoms with E-state index < -0.39 is 6.04 Å². The van der Waals surface area contributed by atoms with Gasteiger partial charge in [0.05, 0.1) is 21.8 Å². The standard InChI is InChI=1S/C27H25ClN4O2S/c1-4-31(5-2)26(34)23-16(3)30-27-32(24(23)17-10-12-19(28)13-11-17)25(33)22(35-27)14-18-15-29-21-9-7-6-8-20(18)21/h6-15,24,29H,4-5H2,1-3H3/b22-14+/t24-/m1/s1. The molecule has 6 nitrogen and oxygen atoms in total. The Bertz CT molecular complexity index is 1640. The van der Waals surface area contributed by atoms with Crippen LogP contribution in [0.25, 0.3) is 17.0 Å². The lowest BCUT2D eigenvalue weighted by atomic mass is 9.94. The average molecular weight is 505 g/mol. The number of aromatic nitrogens is 2. The van der Waals surface area contributed by atoms with Crippen molar-refractivity contribution in [2.75, 3.05) is 13.1 Å². The number of halogens is 1. The molecule has 4 aromatic rings. The molecular formula is C27H25ClN4O2S. The lowest BCUT2D eigenvalue weighted by Crippen LogP contribution is -2.43. The van der Waals surface area contributed by atoms with Gasteiger partial charge in [-0.25, -0.2) is 4.99 Å². The molecule has 2 aromatic carbocycles. The first kappa shape index (κ1) is 23.3. The summed E-state index contributed by atoms with van der Waals surface area (Å²) in [4.78, 5) is 37.7. The third kappa shape index (κ3) is 4.05. The molecule has 0 fully saturated rings. The average Bonchev–Trinajstić information content (AvgIpc) is 3.40. The van der Waals surface area contributed by atoms with E-state index >= 15 is 0 Å². The molecule has 0 unspecified atom stereocenters. The number of fused-ring (bicyclic) bond motifs is 2. The van der Waals surface area contributed by atoms with Crippen molar-refractivity contribution in [3.63, 3.8) is 0 Å². The van der Waals surface area contributed by atoms with Crippen LogP contribution in [0.3, 0.4) is 0 Å². The van der Waals surface area contributed by atoms with E-state index in [2.05, 4.69) is 4.98 Å². The number of amides is 1. The molecule has 0 bridgehead atoms. The second-order valence-electron chi connectivity index (χ2n) is 8.40. The van der Waals surface area contributed by atoms with Crippen molar-refractivity contribution in [2.24, 2.45) is 4.99 Å². The van der Waals surface area contributed by atoms with Crippen LogP contribution in [0.5, 0.6) is 0 Å². The number of hydrogen-bond donors (Lipinski definition) is 1. The molecule has 1 amide bonds. The maximum Gasteiger partial charge on any atom is 0.271 e. The zero-order valence-electron chi connectivity index (χ0n) is 19.7. The molecule has 0 saturated heterocycles. The molecule has 1 N–H and O–H groups in total. The minimum atomic E-state index is -0.582. The maximum absolute atomic E-state index is 13.8. The predicted molar refractivity (Wildman–Crippen MR) is 141 cm³/mol. The lowest BCUT2D eigenvalue weighted by molar-refractivity contribution is -0.127. The summed E-state index contributed by atoms with van der Waals surface area (Å²) in [5, 5.41) is 1.64. The Kier molecular flexibility index (Phi) is 6.21. The number of nitrogens with one attached hydrogen (secondary N) is 1. The van der Waals surface area contributed by atoms with Gasteiger partial charge >= 0.3 is 0 Å². The number of nitrogens with zero attached hydrogens (tertiary/aromatic N) is 3. The molecule has 0 saturated carbocycles. The molecule has 178 valence electrons. The Balaban J connectivity index is 1.74. The van der Waals surface area contributed by atoms with Crippen molar-refractivity contribution >= 4 is 45.8 Å². The lowest BCUT2D eigenvalue weighted by Gasteiger charge is -2.29. The molecule has 8 heteroatoms. The number of aromatic amines is 1. The Morgan fingerprint density at radius 3 is 2.60 bits per heavy atom. The fourth-order valence-electron chi connectivity index (χ4n) is 4.59. The smallest absolute Gasteiger partial charge is 0.271 e. The highest BCUT2D eigenvalue weighted by molar-refractivity contribution is 7.07. The monoisotopic (exact) mass is 504 g/mol. The van der Waals surface area contributed by atoms with Crippen LogP contribution in [0.4, 0.5) is 0 Å². The first-order valence-electron chi connectivity index (χ1n) is 11.6. The molecule has 0 aliphatic carbocycles. The van der Waals surface area contributed by atoms with Crippen molar-refractivity contribution in [1.82, 2.24) is 14.5 Å². The summed E-state index contributed by atoms with van der Waals surface area (Å²) < 4.78 is 2.22. The summed E-state index contributed by atoms with van der Waals surface area (Å²) in [7, 11) is 0. The Morgan fingerprint density at radius 2 is 1.89 bits per heavy atom.